The van der Waals surface area contributed by atoms with Crippen LogP contribution in [0.25, 0.3) is 0 Å². The highest BCUT2D eigenvalue weighted by Gasteiger charge is 2.31. The molecule has 0 aliphatic heterocycles. The first-order chi connectivity index (χ1) is 18.2. The largest absolute Gasteiger partial charge is 0.495 e. The maximum Gasteiger partial charge on any atom is 0.264 e. The summed E-state index contributed by atoms with van der Waals surface area (Å²) in [6.07, 6.45) is 0. The van der Waals surface area contributed by atoms with Gasteiger partial charge in [0.05, 0.1) is 23.7 Å². The van der Waals surface area contributed by atoms with Crippen LogP contribution < -0.4 is 14.4 Å². The number of methoxy groups -OCH3 is 1. The summed E-state index contributed by atoms with van der Waals surface area (Å²) < 4.78 is 34.3. The maximum atomic E-state index is 13.9. The lowest BCUT2D eigenvalue weighted by atomic mass is 9.95. The summed E-state index contributed by atoms with van der Waals surface area (Å²) in [4.78, 5) is 13.7. The Morgan fingerprint density at radius 1 is 0.921 bits per heavy atom. The van der Waals surface area contributed by atoms with Crippen LogP contribution in [-0.2, 0) is 14.8 Å². The number of nitrogens with zero attached hydrogens (tertiary/aromatic N) is 1. The third-order valence-corrected chi connectivity index (χ3v) is 8.25. The average Bonchev–Trinajstić information content (AvgIpc) is 2.91. The first-order valence-corrected chi connectivity index (χ1v) is 13.9. The summed E-state index contributed by atoms with van der Waals surface area (Å²) >= 11 is 6.26. The normalized spacial score (nSPS) is 12.0. The van der Waals surface area contributed by atoms with E-state index >= 15 is 0 Å². The average molecular weight is 549 g/mol. The topological polar surface area (TPSA) is 75.7 Å². The van der Waals surface area contributed by atoms with Crippen LogP contribution in [0.5, 0.6) is 5.75 Å². The van der Waals surface area contributed by atoms with Crippen LogP contribution in [-0.4, -0.2) is 28.0 Å². The minimum atomic E-state index is -4.15. The van der Waals surface area contributed by atoms with E-state index in [0.717, 1.165) is 26.6 Å². The number of benzene rings is 4. The number of carbonyl (C=O) groups excluding carboxylic acids is 1. The number of aryl methyl sites for hydroxylation is 2. The van der Waals surface area contributed by atoms with Crippen molar-refractivity contribution in [3.63, 3.8) is 0 Å². The number of sulfonamides is 1. The van der Waals surface area contributed by atoms with E-state index in [1.54, 1.807) is 24.3 Å². The first kappa shape index (κ1) is 27.2. The van der Waals surface area contributed by atoms with Crippen molar-refractivity contribution >= 4 is 33.2 Å². The zero-order valence-electron chi connectivity index (χ0n) is 21.4. The van der Waals surface area contributed by atoms with Gasteiger partial charge in [-0.1, -0.05) is 83.9 Å². The standard InChI is InChI=1S/C30H29ClN2O4S/c1-21-13-16-25(17-14-21)38(35,36)33(27-19-24(31)15-18-28(27)37-3)20-29(34)32-30(23-10-5-4-6-11-23)26-12-8-7-9-22(26)2/h4-19,30H,20H2,1-3H3,(H,32,34)/t30-/m0/s1. The van der Waals surface area contributed by atoms with Gasteiger partial charge in [-0.3, -0.25) is 9.10 Å². The van der Waals surface area contributed by atoms with Gasteiger partial charge in [-0.15, -0.1) is 0 Å². The van der Waals surface area contributed by atoms with Crippen molar-refractivity contribution in [2.24, 2.45) is 0 Å². The van der Waals surface area contributed by atoms with Crippen LogP contribution in [0.2, 0.25) is 5.02 Å². The van der Waals surface area contributed by atoms with Crippen LogP contribution in [0.1, 0.15) is 28.3 Å². The molecule has 0 saturated heterocycles. The maximum absolute atomic E-state index is 13.9. The Balaban J connectivity index is 1.75. The predicted molar refractivity (Wildman–Crippen MR) is 151 cm³/mol. The second kappa shape index (κ2) is 11.7. The molecule has 0 aliphatic carbocycles. The molecule has 0 saturated carbocycles. The number of hydrogen-bond acceptors (Lipinski definition) is 4. The number of anilines is 1. The zero-order valence-corrected chi connectivity index (χ0v) is 23.0. The molecule has 4 aromatic carbocycles. The lowest BCUT2D eigenvalue weighted by Gasteiger charge is -2.28. The SMILES string of the molecule is COc1ccc(Cl)cc1N(CC(=O)N[C@@H](c1ccccc1)c1ccccc1C)S(=O)(=O)c1ccc(C)cc1. The van der Waals surface area contributed by atoms with Gasteiger partial charge in [0, 0.05) is 5.02 Å². The molecule has 4 aromatic rings. The highest BCUT2D eigenvalue weighted by atomic mass is 35.5. The molecule has 0 fully saturated rings. The molecule has 4 rings (SSSR count). The van der Waals surface area contributed by atoms with Crippen LogP contribution in [0, 0.1) is 13.8 Å². The van der Waals surface area contributed by atoms with Crippen molar-refractivity contribution in [1.29, 1.82) is 0 Å². The molecule has 6 nitrogen and oxygen atoms in total. The van der Waals surface area contributed by atoms with Crippen molar-refractivity contribution in [1.82, 2.24) is 5.32 Å². The molecule has 1 atom stereocenters. The molecule has 1 amide bonds. The molecule has 196 valence electrons. The number of ether oxygens (including phenoxy) is 1. The van der Waals surface area contributed by atoms with E-state index in [1.807, 2.05) is 68.4 Å². The second-order valence-corrected chi connectivity index (χ2v) is 11.2. The van der Waals surface area contributed by atoms with Gasteiger partial charge in [0.1, 0.15) is 12.3 Å². The van der Waals surface area contributed by atoms with Gasteiger partial charge in [0.15, 0.2) is 0 Å². The van der Waals surface area contributed by atoms with Crippen LogP contribution in [0.3, 0.4) is 0 Å². The fourth-order valence-electron chi connectivity index (χ4n) is 4.23. The van der Waals surface area contributed by atoms with Crippen molar-refractivity contribution < 1.29 is 17.9 Å². The summed E-state index contributed by atoms with van der Waals surface area (Å²) in [7, 11) is -2.72. The fraction of sp³-hybridized carbons (Fsp3) is 0.167. The second-order valence-electron chi connectivity index (χ2n) is 8.91. The van der Waals surface area contributed by atoms with E-state index in [9.17, 15) is 13.2 Å². The van der Waals surface area contributed by atoms with Crippen LogP contribution >= 0.6 is 11.6 Å². The molecule has 1 N–H and O–H groups in total. The number of carbonyl (C=O) groups is 1. The Labute approximate surface area is 228 Å². The molecule has 0 heterocycles. The highest BCUT2D eigenvalue weighted by Crippen LogP contribution is 2.35. The summed E-state index contributed by atoms with van der Waals surface area (Å²) in [6.45, 7) is 3.36. The molecule has 0 spiro atoms. The summed E-state index contributed by atoms with van der Waals surface area (Å²) in [6, 6.07) is 28.0. The van der Waals surface area contributed by atoms with Gasteiger partial charge in [0.25, 0.3) is 10.0 Å². The number of rotatable bonds is 9. The minimum absolute atomic E-state index is 0.0523. The van der Waals surface area contributed by atoms with Crippen LogP contribution in [0.4, 0.5) is 5.69 Å². The molecule has 38 heavy (non-hydrogen) atoms. The Kier molecular flexibility index (Phi) is 8.39. The van der Waals surface area contributed by atoms with Gasteiger partial charge >= 0.3 is 0 Å². The number of nitrogens with one attached hydrogen (secondary N) is 1. The molecule has 0 radical (unpaired) electrons. The van der Waals surface area contributed by atoms with Gasteiger partial charge in [-0.05, 0) is 60.9 Å². The third-order valence-electron chi connectivity index (χ3n) is 6.24. The third kappa shape index (κ3) is 6.01. The molecule has 0 unspecified atom stereocenters. The Morgan fingerprint density at radius 2 is 1.58 bits per heavy atom. The van der Waals surface area contributed by atoms with Crippen molar-refractivity contribution in [3.05, 3.63) is 124 Å². The lowest BCUT2D eigenvalue weighted by molar-refractivity contribution is -0.120. The minimum Gasteiger partial charge on any atom is -0.495 e. The zero-order chi connectivity index (χ0) is 27.3. The Bertz CT molecular complexity index is 1520. The molecule has 0 aromatic heterocycles. The molecular formula is C30H29ClN2O4S. The summed E-state index contributed by atoms with van der Waals surface area (Å²) in [5.74, 6) is -0.212. The van der Waals surface area contributed by atoms with E-state index in [2.05, 4.69) is 5.32 Å². The van der Waals surface area contributed by atoms with Gasteiger partial charge in [-0.2, -0.15) is 0 Å². The highest BCUT2D eigenvalue weighted by molar-refractivity contribution is 7.92. The van der Waals surface area contributed by atoms with Gasteiger partial charge in [0.2, 0.25) is 5.91 Å². The van der Waals surface area contributed by atoms with E-state index in [0.29, 0.717) is 5.02 Å². The van der Waals surface area contributed by atoms with Crippen molar-refractivity contribution in [2.75, 3.05) is 18.0 Å². The van der Waals surface area contributed by atoms with Crippen LogP contribution in [0.15, 0.2) is 102 Å². The van der Waals surface area contributed by atoms with E-state index in [-0.39, 0.29) is 16.3 Å². The van der Waals surface area contributed by atoms with E-state index in [4.69, 9.17) is 16.3 Å². The summed E-state index contributed by atoms with van der Waals surface area (Å²) in [5.41, 5.74) is 3.88. The molecule has 0 bridgehead atoms. The van der Waals surface area contributed by atoms with E-state index in [1.165, 1.54) is 25.3 Å². The molecule has 0 aliphatic rings. The number of amides is 1. The summed E-state index contributed by atoms with van der Waals surface area (Å²) in [5, 5.41) is 3.37. The Morgan fingerprint density at radius 3 is 2.24 bits per heavy atom. The quantitative estimate of drug-likeness (QED) is 0.275. The van der Waals surface area contributed by atoms with E-state index < -0.39 is 28.5 Å². The molecular weight excluding hydrogens is 520 g/mol. The predicted octanol–water partition coefficient (Wildman–Crippen LogP) is 6.07. The Hall–Kier alpha value is -3.81. The lowest BCUT2D eigenvalue weighted by Crippen LogP contribution is -2.42. The number of hydrogen-bond donors (Lipinski definition) is 1. The van der Waals surface area contributed by atoms with Gasteiger partial charge in [-0.25, -0.2) is 8.42 Å². The van der Waals surface area contributed by atoms with Crippen molar-refractivity contribution in [2.45, 2.75) is 24.8 Å². The van der Waals surface area contributed by atoms with Crippen molar-refractivity contribution in [3.8, 4) is 5.75 Å². The first-order valence-electron chi connectivity index (χ1n) is 12.0. The fourth-order valence-corrected chi connectivity index (χ4v) is 5.82. The number of halogens is 1. The molecule has 8 heteroatoms. The monoisotopic (exact) mass is 548 g/mol. The smallest absolute Gasteiger partial charge is 0.264 e. The van der Waals surface area contributed by atoms with Gasteiger partial charge < -0.3 is 10.1 Å².